The Morgan fingerprint density at radius 3 is 1.88 bits per heavy atom. The van der Waals surface area contributed by atoms with Crippen molar-refractivity contribution in [1.29, 1.82) is 0 Å². The van der Waals surface area contributed by atoms with E-state index in [4.69, 9.17) is 0 Å². The third-order valence-electron chi connectivity index (χ3n) is 3.42. The van der Waals surface area contributed by atoms with Crippen LogP contribution < -0.4 is 0 Å². The quantitative estimate of drug-likeness (QED) is 0.598. The largest absolute Gasteiger partial charge is 0.341 e. The molecule has 17 heavy (non-hydrogen) atoms. The summed E-state index contributed by atoms with van der Waals surface area (Å²) in [5, 5.41) is 2.75. The van der Waals surface area contributed by atoms with Gasteiger partial charge in [-0.05, 0) is 18.6 Å². The molecule has 0 aliphatic heterocycles. The van der Waals surface area contributed by atoms with Gasteiger partial charge in [0.2, 0.25) is 0 Å². The van der Waals surface area contributed by atoms with Gasteiger partial charge < -0.3 is 4.57 Å². The minimum absolute atomic E-state index is 1.12. The number of aryl methyl sites for hydroxylation is 1. The summed E-state index contributed by atoms with van der Waals surface area (Å²) in [5.74, 6) is 0. The molecular weight excluding hydrogens is 205 g/mol. The van der Waals surface area contributed by atoms with Crippen LogP contribution in [-0.4, -0.2) is 12.4 Å². The molecule has 84 valence electrons. The minimum atomic E-state index is 1.12. The number of hydrogen-bond donors (Lipinski definition) is 0. The SMILES string of the molecule is BCCCn1c2ccccc2c2ccccc21. The van der Waals surface area contributed by atoms with Crippen molar-refractivity contribution in [3.63, 3.8) is 0 Å². The summed E-state index contributed by atoms with van der Waals surface area (Å²) in [6.07, 6.45) is 2.48. The Balaban J connectivity index is 2.33. The normalized spacial score (nSPS) is 11.3. The van der Waals surface area contributed by atoms with Crippen LogP contribution in [0, 0.1) is 0 Å². The molecule has 0 fully saturated rings. The molecule has 0 saturated carbocycles. The topological polar surface area (TPSA) is 4.93 Å². The van der Waals surface area contributed by atoms with E-state index >= 15 is 0 Å². The molecule has 1 nitrogen and oxygen atoms in total. The van der Waals surface area contributed by atoms with Crippen LogP contribution in [0.5, 0.6) is 0 Å². The second kappa shape index (κ2) is 4.29. The first-order valence-electron chi connectivity index (χ1n) is 6.38. The Labute approximate surface area is 102 Å². The number of aromatic nitrogens is 1. The van der Waals surface area contributed by atoms with E-state index in [0.717, 1.165) is 6.54 Å². The third kappa shape index (κ3) is 1.64. The van der Waals surface area contributed by atoms with Gasteiger partial charge in [0.05, 0.1) is 0 Å². The maximum atomic E-state index is 2.45. The van der Waals surface area contributed by atoms with Crippen LogP contribution in [0.4, 0.5) is 0 Å². The zero-order chi connectivity index (χ0) is 11.7. The molecule has 0 amide bonds. The van der Waals surface area contributed by atoms with Crippen LogP contribution in [0.15, 0.2) is 48.5 Å². The minimum Gasteiger partial charge on any atom is -0.341 e. The highest BCUT2D eigenvalue weighted by atomic mass is 15.0. The number of hydrogen-bond acceptors (Lipinski definition) is 0. The molecule has 0 spiro atoms. The van der Waals surface area contributed by atoms with Crippen molar-refractivity contribution in [1.82, 2.24) is 4.57 Å². The predicted molar refractivity (Wildman–Crippen MR) is 77.4 cm³/mol. The zero-order valence-electron chi connectivity index (χ0n) is 10.2. The summed E-state index contributed by atoms with van der Waals surface area (Å²) in [5.41, 5.74) is 2.73. The summed E-state index contributed by atoms with van der Waals surface area (Å²) < 4.78 is 2.45. The van der Waals surface area contributed by atoms with Crippen molar-refractivity contribution >= 4 is 29.7 Å². The van der Waals surface area contributed by atoms with Crippen LogP contribution in [-0.2, 0) is 6.54 Å². The molecule has 2 aromatic carbocycles. The van der Waals surface area contributed by atoms with Crippen LogP contribution >= 0.6 is 0 Å². The fourth-order valence-electron chi connectivity index (χ4n) is 2.56. The lowest BCUT2D eigenvalue weighted by molar-refractivity contribution is 0.723. The molecule has 0 bridgehead atoms. The Morgan fingerprint density at radius 2 is 1.35 bits per heavy atom. The lowest BCUT2D eigenvalue weighted by atomic mass is 10.0. The summed E-state index contributed by atoms with van der Waals surface area (Å²) in [6.45, 7) is 1.12. The maximum Gasteiger partial charge on any atom is 0.101 e. The first-order chi connectivity index (χ1) is 8.42. The number of fused-ring (bicyclic) bond motifs is 3. The van der Waals surface area contributed by atoms with Crippen molar-refractivity contribution in [2.45, 2.75) is 19.3 Å². The molecule has 0 N–H and O–H groups in total. The Bertz CT molecular complexity index is 601. The maximum absolute atomic E-state index is 2.45. The molecule has 0 aliphatic rings. The number of benzene rings is 2. The summed E-state index contributed by atoms with van der Waals surface area (Å²) in [7, 11) is 2.24. The molecule has 1 heterocycles. The van der Waals surface area contributed by atoms with Gasteiger partial charge in [0.15, 0.2) is 0 Å². The summed E-state index contributed by atoms with van der Waals surface area (Å²) in [4.78, 5) is 0. The molecule has 3 aromatic rings. The van der Waals surface area contributed by atoms with E-state index in [-0.39, 0.29) is 0 Å². The standard InChI is InChI=1S/C15H16BN/c16-10-5-11-17-14-8-3-1-6-12(14)13-7-2-4-9-15(13)17/h1-4,6-9H,5,10-11,16H2. The van der Waals surface area contributed by atoms with Gasteiger partial charge in [-0.25, -0.2) is 0 Å². The molecule has 0 saturated heterocycles. The van der Waals surface area contributed by atoms with Crippen molar-refractivity contribution < 1.29 is 0 Å². The summed E-state index contributed by atoms with van der Waals surface area (Å²) in [6, 6.07) is 17.4. The fourth-order valence-corrected chi connectivity index (χ4v) is 2.56. The van der Waals surface area contributed by atoms with E-state index in [9.17, 15) is 0 Å². The highest BCUT2D eigenvalue weighted by Crippen LogP contribution is 2.28. The van der Waals surface area contributed by atoms with Crippen molar-refractivity contribution in [2.24, 2.45) is 0 Å². The first kappa shape index (κ1) is 10.5. The smallest absolute Gasteiger partial charge is 0.101 e. The van der Waals surface area contributed by atoms with E-state index < -0.39 is 0 Å². The molecule has 0 radical (unpaired) electrons. The van der Waals surface area contributed by atoms with Crippen LogP contribution in [0.2, 0.25) is 6.32 Å². The van der Waals surface area contributed by atoms with Gasteiger partial charge in [0.25, 0.3) is 0 Å². The Kier molecular flexibility index (Phi) is 2.64. The highest BCUT2D eigenvalue weighted by Gasteiger charge is 2.08. The Morgan fingerprint density at radius 1 is 0.824 bits per heavy atom. The fraction of sp³-hybridized carbons (Fsp3) is 0.200. The summed E-state index contributed by atoms with van der Waals surface area (Å²) >= 11 is 0. The highest BCUT2D eigenvalue weighted by molar-refractivity contribution is 6.09. The van der Waals surface area contributed by atoms with Crippen molar-refractivity contribution in [2.75, 3.05) is 0 Å². The first-order valence-corrected chi connectivity index (χ1v) is 6.38. The third-order valence-corrected chi connectivity index (χ3v) is 3.42. The van der Waals surface area contributed by atoms with Gasteiger partial charge in [0, 0.05) is 28.4 Å². The van der Waals surface area contributed by atoms with Crippen molar-refractivity contribution in [3.8, 4) is 0 Å². The average molecular weight is 221 g/mol. The van der Waals surface area contributed by atoms with Crippen LogP contribution in [0.1, 0.15) is 6.42 Å². The van der Waals surface area contributed by atoms with E-state index in [0.29, 0.717) is 0 Å². The predicted octanol–water partition coefficient (Wildman–Crippen LogP) is 3.24. The second-order valence-corrected chi connectivity index (χ2v) is 4.54. The van der Waals surface area contributed by atoms with Gasteiger partial charge in [-0.2, -0.15) is 0 Å². The van der Waals surface area contributed by atoms with Crippen LogP contribution in [0.25, 0.3) is 21.8 Å². The average Bonchev–Trinajstić information content (AvgIpc) is 2.71. The second-order valence-electron chi connectivity index (χ2n) is 4.54. The lowest BCUT2D eigenvalue weighted by Gasteiger charge is -2.05. The van der Waals surface area contributed by atoms with Crippen molar-refractivity contribution in [3.05, 3.63) is 48.5 Å². The van der Waals surface area contributed by atoms with E-state index in [1.54, 1.807) is 0 Å². The van der Waals surface area contributed by atoms with Crippen LogP contribution in [0.3, 0.4) is 0 Å². The molecule has 2 heteroatoms. The zero-order valence-corrected chi connectivity index (χ0v) is 10.2. The number of nitrogens with zero attached hydrogens (tertiary/aromatic N) is 1. The van der Waals surface area contributed by atoms with E-state index in [1.807, 2.05) is 0 Å². The van der Waals surface area contributed by atoms with Gasteiger partial charge in [-0.1, -0.05) is 42.7 Å². The molecule has 3 rings (SSSR count). The molecule has 0 atom stereocenters. The van der Waals surface area contributed by atoms with Gasteiger partial charge in [-0.3, -0.25) is 0 Å². The lowest BCUT2D eigenvalue weighted by Crippen LogP contribution is -1.96. The molecule has 0 unspecified atom stereocenters. The molecule has 1 aromatic heterocycles. The van der Waals surface area contributed by atoms with Gasteiger partial charge in [0.1, 0.15) is 7.85 Å². The van der Waals surface area contributed by atoms with E-state index in [1.165, 1.54) is 34.5 Å². The monoisotopic (exact) mass is 221 g/mol. The Hall–Kier alpha value is -1.70. The van der Waals surface area contributed by atoms with Gasteiger partial charge in [-0.15, -0.1) is 0 Å². The number of para-hydroxylation sites is 2. The number of rotatable bonds is 3. The molecule has 0 aliphatic carbocycles. The molecular formula is C15H16BN. The van der Waals surface area contributed by atoms with Gasteiger partial charge >= 0.3 is 0 Å². The van der Waals surface area contributed by atoms with E-state index in [2.05, 4.69) is 60.9 Å².